The summed E-state index contributed by atoms with van der Waals surface area (Å²) >= 11 is 0. The van der Waals surface area contributed by atoms with Gasteiger partial charge in [-0.3, -0.25) is 4.68 Å². The van der Waals surface area contributed by atoms with Gasteiger partial charge in [0.15, 0.2) is 0 Å². The topological polar surface area (TPSA) is 58.9 Å². The number of piperidine rings is 1. The zero-order valence-corrected chi connectivity index (χ0v) is 11.5. The molecule has 3 rings (SSSR count). The molecular formula is C14H20N6. The minimum absolute atomic E-state index is 0.596. The zero-order valence-electron chi connectivity index (χ0n) is 11.5. The molecule has 0 bridgehead atoms. The molecule has 0 amide bonds. The quantitative estimate of drug-likeness (QED) is 0.877. The Morgan fingerprint density at radius 2 is 2.10 bits per heavy atom. The molecule has 6 nitrogen and oxygen atoms in total. The van der Waals surface area contributed by atoms with Gasteiger partial charge in [-0.25, -0.2) is 4.98 Å². The van der Waals surface area contributed by atoms with E-state index in [9.17, 15) is 0 Å². The first-order valence-electron chi connectivity index (χ1n) is 7.15. The molecule has 2 aromatic rings. The van der Waals surface area contributed by atoms with Gasteiger partial charge in [-0.15, -0.1) is 5.10 Å². The first-order chi connectivity index (χ1) is 9.92. The molecule has 106 valence electrons. The Labute approximate surface area is 118 Å². The molecule has 2 aromatic heterocycles. The highest BCUT2D eigenvalue weighted by Gasteiger charge is 2.19. The fraction of sp³-hybridized carbons (Fsp3) is 0.500. The second-order valence-corrected chi connectivity index (χ2v) is 5.07. The number of hydrogen-bond acceptors (Lipinski definition) is 5. The summed E-state index contributed by atoms with van der Waals surface area (Å²) in [4.78, 5) is 6.77. The van der Waals surface area contributed by atoms with Crippen LogP contribution in [0.4, 0.5) is 5.82 Å². The molecule has 0 unspecified atom stereocenters. The van der Waals surface area contributed by atoms with Crippen molar-refractivity contribution >= 4 is 5.82 Å². The number of anilines is 1. The monoisotopic (exact) mass is 272 g/mol. The molecule has 3 heterocycles. The molecule has 0 saturated carbocycles. The highest BCUT2D eigenvalue weighted by Crippen LogP contribution is 2.16. The van der Waals surface area contributed by atoms with E-state index in [1.165, 1.54) is 0 Å². The van der Waals surface area contributed by atoms with Crippen LogP contribution in [0.3, 0.4) is 0 Å². The number of hydrogen-bond donors (Lipinski definition) is 1. The lowest BCUT2D eigenvalue weighted by atomic mass is 10.1. The van der Waals surface area contributed by atoms with Crippen LogP contribution in [-0.4, -0.2) is 45.7 Å². The number of rotatable bonds is 5. The van der Waals surface area contributed by atoms with Crippen molar-refractivity contribution < 1.29 is 0 Å². The SMILES string of the molecule is c1ccc(N2CCC(NCCn3ccnn3)CC2)nc1. The Kier molecular flexibility index (Phi) is 4.22. The first kappa shape index (κ1) is 13.1. The van der Waals surface area contributed by atoms with Crippen LogP contribution in [0.15, 0.2) is 36.8 Å². The Morgan fingerprint density at radius 3 is 2.80 bits per heavy atom. The van der Waals surface area contributed by atoms with Crippen molar-refractivity contribution in [3.8, 4) is 0 Å². The molecule has 1 aliphatic rings. The number of nitrogens with zero attached hydrogens (tertiary/aromatic N) is 5. The van der Waals surface area contributed by atoms with E-state index in [0.717, 1.165) is 44.8 Å². The maximum absolute atomic E-state index is 4.41. The smallest absolute Gasteiger partial charge is 0.128 e. The van der Waals surface area contributed by atoms with Crippen molar-refractivity contribution in [2.45, 2.75) is 25.4 Å². The number of pyridine rings is 1. The molecule has 0 radical (unpaired) electrons. The van der Waals surface area contributed by atoms with Crippen LogP contribution in [0, 0.1) is 0 Å². The van der Waals surface area contributed by atoms with Crippen molar-refractivity contribution in [2.75, 3.05) is 24.5 Å². The lowest BCUT2D eigenvalue weighted by Crippen LogP contribution is -2.43. The fourth-order valence-corrected chi connectivity index (χ4v) is 2.59. The lowest BCUT2D eigenvalue weighted by molar-refractivity contribution is 0.398. The first-order valence-corrected chi connectivity index (χ1v) is 7.15. The fourth-order valence-electron chi connectivity index (χ4n) is 2.59. The molecule has 0 aromatic carbocycles. The number of nitrogens with one attached hydrogen (secondary N) is 1. The Bertz CT molecular complexity index is 490. The highest BCUT2D eigenvalue weighted by molar-refractivity contribution is 5.38. The third-order valence-electron chi connectivity index (χ3n) is 3.71. The van der Waals surface area contributed by atoms with E-state index in [1.54, 1.807) is 6.20 Å². The van der Waals surface area contributed by atoms with Gasteiger partial charge in [-0.05, 0) is 25.0 Å². The van der Waals surface area contributed by atoms with Crippen molar-refractivity contribution in [2.24, 2.45) is 0 Å². The summed E-state index contributed by atoms with van der Waals surface area (Å²) in [5, 5.41) is 11.4. The maximum atomic E-state index is 4.41. The summed E-state index contributed by atoms with van der Waals surface area (Å²) < 4.78 is 1.86. The molecule has 1 N–H and O–H groups in total. The van der Waals surface area contributed by atoms with Gasteiger partial charge in [0.25, 0.3) is 0 Å². The van der Waals surface area contributed by atoms with Crippen LogP contribution >= 0.6 is 0 Å². The average molecular weight is 272 g/mol. The van der Waals surface area contributed by atoms with Crippen LogP contribution in [0.1, 0.15) is 12.8 Å². The van der Waals surface area contributed by atoms with Crippen molar-refractivity contribution in [3.63, 3.8) is 0 Å². The second-order valence-electron chi connectivity index (χ2n) is 5.07. The minimum Gasteiger partial charge on any atom is -0.357 e. The summed E-state index contributed by atoms with van der Waals surface area (Å²) in [7, 11) is 0. The summed E-state index contributed by atoms with van der Waals surface area (Å²) in [5.74, 6) is 1.09. The van der Waals surface area contributed by atoms with Gasteiger partial charge < -0.3 is 10.2 Å². The summed E-state index contributed by atoms with van der Waals surface area (Å²) in [6.45, 7) is 3.95. The van der Waals surface area contributed by atoms with Crippen LogP contribution < -0.4 is 10.2 Å². The molecule has 6 heteroatoms. The molecule has 0 aliphatic carbocycles. The minimum atomic E-state index is 0.596. The summed E-state index contributed by atoms with van der Waals surface area (Å²) in [5.41, 5.74) is 0. The van der Waals surface area contributed by atoms with Gasteiger partial charge in [-0.1, -0.05) is 11.3 Å². The van der Waals surface area contributed by atoms with E-state index in [0.29, 0.717) is 6.04 Å². The largest absolute Gasteiger partial charge is 0.357 e. The maximum Gasteiger partial charge on any atom is 0.128 e. The van der Waals surface area contributed by atoms with Crippen LogP contribution in [-0.2, 0) is 6.54 Å². The van der Waals surface area contributed by atoms with Crippen molar-refractivity contribution in [1.82, 2.24) is 25.3 Å². The van der Waals surface area contributed by atoms with Gasteiger partial charge >= 0.3 is 0 Å². The van der Waals surface area contributed by atoms with E-state index in [2.05, 4.69) is 31.6 Å². The number of aromatic nitrogens is 4. The normalized spacial score (nSPS) is 16.5. The Morgan fingerprint density at radius 1 is 1.20 bits per heavy atom. The predicted molar refractivity (Wildman–Crippen MR) is 77.5 cm³/mol. The van der Waals surface area contributed by atoms with E-state index in [4.69, 9.17) is 0 Å². The van der Waals surface area contributed by atoms with E-state index in [1.807, 2.05) is 29.2 Å². The van der Waals surface area contributed by atoms with Crippen molar-refractivity contribution in [1.29, 1.82) is 0 Å². The standard InChI is InChI=1S/C14H20N6/c1-2-6-16-14(3-1)19-9-4-13(5-10-19)15-7-11-20-12-8-17-18-20/h1-3,6,8,12-13,15H,4-5,7,9-11H2. The van der Waals surface area contributed by atoms with Gasteiger partial charge in [-0.2, -0.15) is 0 Å². The summed E-state index contributed by atoms with van der Waals surface area (Å²) in [6.07, 6.45) is 7.79. The Hall–Kier alpha value is -1.95. The molecule has 0 spiro atoms. The van der Waals surface area contributed by atoms with Gasteiger partial charge in [0.05, 0.1) is 12.7 Å². The van der Waals surface area contributed by atoms with Crippen LogP contribution in [0.2, 0.25) is 0 Å². The van der Waals surface area contributed by atoms with Crippen molar-refractivity contribution in [3.05, 3.63) is 36.8 Å². The average Bonchev–Trinajstić information content (AvgIpc) is 3.02. The van der Waals surface area contributed by atoms with E-state index >= 15 is 0 Å². The molecule has 1 aliphatic heterocycles. The molecular weight excluding hydrogens is 252 g/mol. The molecule has 20 heavy (non-hydrogen) atoms. The molecule has 1 fully saturated rings. The lowest BCUT2D eigenvalue weighted by Gasteiger charge is -2.33. The van der Waals surface area contributed by atoms with Crippen LogP contribution in [0.5, 0.6) is 0 Å². The van der Waals surface area contributed by atoms with Gasteiger partial charge in [0.2, 0.25) is 0 Å². The highest BCUT2D eigenvalue weighted by atomic mass is 15.4. The van der Waals surface area contributed by atoms with E-state index in [-0.39, 0.29) is 0 Å². The molecule has 1 saturated heterocycles. The second kappa shape index (κ2) is 6.47. The van der Waals surface area contributed by atoms with Gasteiger partial charge in [0, 0.05) is 38.1 Å². The third kappa shape index (κ3) is 3.33. The Balaban J connectivity index is 1.40. The van der Waals surface area contributed by atoms with E-state index < -0.39 is 0 Å². The van der Waals surface area contributed by atoms with Crippen LogP contribution in [0.25, 0.3) is 0 Å². The predicted octanol–water partition coefficient (Wildman–Crippen LogP) is 0.932. The molecule has 0 atom stereocenters. The zero-order chi connectivity index (χ0) is 13.6. The summed E-state index contributed by atoms with van der Waals surface area (Å²) in [6, 6.07) is 6.68. The van der Waals surface area contributed by atoms with Gasteiger partial charge in [0.1, 0.15) is 5.82 Å². The third-order valence-corrected chi connectivity index (χ3v) is 3.71.